The van der Waals surface area contributed by atoms with E-state index in [0.717, 1.165) is 24.1 Å². The van der Waals surface area contributed by atoms with Gasteiger partial charge in [0.2, 0.25) is 5.91 Å². The zero-order valence-corrected chi connectivity index (χ0v) is 16.2. The summed E-state index contributed by atoms with van der Waals surface area (Å²) in [4.78, 5) is 26.8. The standard InChI is InChI=1S/C23H24N4O2/c28-22-12-7-13-26(22)17-21(19-10-5-2-6-11-19)25-23(29)20-14-24-27(16-20)15-18-8-3-1-4-9-18/h1-6,8-11,14,16,21H,7,12-13,15,17H2,(H,25,29). The molecule has 0 spiro atoms. The van der Waals surface area contributed by atoms with Crippen molar-refractivity contribution in [2.24, 2.45) is 0 Å². The minimum absolute atomic E-state index is 0.149. The van der Waals surface area contributed by atoms with Gasteiger partial charge in [0.15, 0.2) is 0 Å². The zero-order valence-electron chi connectivity index (χ0n) is 16.2. The number of hydrogen-bond donors (Lipinski definition) is 1. The molecule has 1 atom stereocenters. The molecule has 1 aromatic heterocycles. The Bertz CT molecular complexity index is 969. The third kappa shape index (κ3) is 4.71. The Morgan fingerprint density at radius 1 is 1.07 bits per heavy atom. The molecule has 29 heavy (non-hydrogen) atoms. The highest BCUT2D eigenvalue weighted by Gasteiger charge is 2.25. The molecule has 0 saturated carbocycles. The van der Waals surface area contributed by atoms with Crippen molar-refractivity contribution in [3.63, 3.8) is 0 Å². The van der Waals surface area contributed by atoms with Gasteiger partial charge in [-0.05, 0) is 17.5 Å². The monoisotopic (exact) mass is 388 g/mol. The summed E-state index contributed by atoms with van der Waals surface area (Å²) < 4.78 is 1.76. The molecular weight excluding hydrogens is 364 g/mol. The summed E-state index contributed by atoms with van der Waals surface area (Å²) >= 11 is 0. The van der Waals surface area contributed by atoms with Crippen molar-refractivity contribution in [1.82, 2.24) is 20.0 Å². The molecule has 0 aliphatic carbocycles. The normalized spacial score (nSPS) is 14.8. The molecule has 1 unspecified atom stereocenters. The minimum atomic E-state index is -0.261. The average molecular weight is 388 g/mol. The molecule has 2 amide bonds. The fourth-order valence-corrected chi connectivity index (χ4v) is 3.62. The van der Waals surface area contributed by atoms with E-state index in [1.54, 1.807) is 17.1 Å². The number of likely N-dealkylation sites (tertiary alicyclic amines) is 1. The van der Waals surface area contributed by atoms with E-state index in [9.17, 15) is 9.59 Å². The Labute approximate surface area is 170 Å². The molecule has 1 aliphatic heterocycles. The van der Waals surface area contributed by atoms with E-state index in [1.807, 2.05) is 65.6 Å². The lowest BCUT2D eigenvalue weighted by molar-refractivity contribution is -0.128. The second kappa shape index (κ2) is 8.73. The Balaban J connectivity index is 1.47. The number of benzene rings is 2. The van der Waals surface area contributed by atoms with Crippen LogP contribution in [0.25, 0.3) is 0 Å². The maximum atomic E-state index is 12.9. The van der Waals surface area contributed by atoms with Crippen LogP contribution in [-0.2, 0) is 11.3 Å². The van der Waals surface area contributed by atoms with Crippen molar-refractivity contribution in [2.75, 3.05) is 13.1 Å². The first-order valence-corrected chi connectivity index (χ1v) is 9.89. The van der Waals surface area contributed by atoms with E-state index in [4.69, 9.17) is 0 Å². The largest absolute Gasteiger partial charge is 0.343 e. The Kier molecular flexibility index (Phi) is 5.70. The number of amides is 2. The fourth-order valence-electron chi connectivity index (χ4n) is 3.62. The number of carbonyl (C=O) groups excluding carboxylic acids is 2. The summed E-state index contributed by atoms with van der Waals surface area (Å²) in [5.74, 6) is -0.0410. The molecule has 6 nitrogen and oxygen atoms in total. The number of aromatic nitrogens is 2. The lowest BCUT2D eigenvalue weighted by Crippen LogP contribution is -2.38. The number of rotatable bonds is 7. The summed E-state index contributed by atoms with van der Waals surface area (Å²) in [5, 5.41) is 7.41. The van der Waals surface area contributed by atoms with Crippen LogP contribution in [0.4, 0.5) is 0 Å². The third-order valence-corrected chi connectivity index (χ3v) is 5.16. The van der Waals surface area contributed by atoms with Crippen LogP contribution in [0.3, 0.4) is 0 Å². The van der Waals surface area contributed by atoms with Gasteiger partial charge in [0, 0.05) is 25.7 Å². The number of nitrogens with zero attached hydrogens (tertiary/aromatic N) is 3. The Morgan fingerprint density at radius 2 is 1.79 bits per heavy atom. The van der Waals surface area contributed by atoms with Crippen LogP contribution < -0.4 is 5.32 Å². The van der Waals surface area contributed by atoms with E-state index < -0.39 is 0 Å². The first kappa shape index (κ1) is 18.9. The van der Waals surface area contributed by atoms with Crippen LogP contribution in [0.2, 0.25) is 0 Å². The average Bonchev–Trinajstić information content (AvgIpc) is 3.38. The predicted octanol–water partition coefficient (Wildman–Crippen LogP) is 3.02. The van der Waals surface area contributed by atoms with E-state index in [-0.39, 0.29) is 17.9 Å². The van der Waals surface area contributed by atoms with Crippen LogP contribution in [0.1, 0.15) is 40.4 Å². The van der Waals surface area contributed by atoms with Gasteiger partial charge in [-0.25, -0.2) is 0 Å². The van der Waals surface area contributed by atoms with E-state index >= 15 is 0 Å². The van der Waals surface area contributed by atoms with Crippen LogP contribution in [-0.4, -0.2) is 39.6 Å². The Morgan fingerprint density at radius 3 is 2.48 bits per heavy atom. The van der Waals surface area contributed by atoms with Gasteiger partial charge >= 0.3 is 0 Å². The van der Waals surface area contributed by atoms with Gasteiger partial charge < -0.3 is 10.2 Å². The van der Waals surface area contributed by atoms with Crippen LogP contribution in [0.15, 0.2) is 73.1 Å². The summed E-state index contributed by atoms with van der Waals surface area (Å²) in [5.41, 5.74) is 2.61. The van der Waals surface area contributed by atoms with Crippen LogP contribution in [0.5, 0.6) is 0 Å². The highest BCUT2D eigenvalue weighted by molar-refractivity contribution is 5.94. The summed E-state index contributed by atoms with van der Waals surface area (Å²) in [6, 6.07) is 19.5. The number of nitrogens with one attached hydrogen (secondary N) is 1. The van der Waals surface area contributed by atoms with Gasteiger partial charge in [-0.3, -0.25) is 14.3 Å². The van der Waals surface area contributed by atoms with E-state index in [0.29, 0.717) is 25.1 Å². The molecule has 148 valence electrons. The van der Waals surface area contributed by atoms with Gasteiger partial charge in [-0.1, -0.05) is 60.7 Å². The lowest BCUT2D eigenvalue weighted by atomic mass is 10.1. The molecule has 3 aromatic rings. The topological polar surface area (TPSA) is 67.2 Å². The molecule has 2 aromatic carbocycles. The first-order valence-electron chi connectivity index (χ1n) is 9.89. The van der Waals surface area contributed by atoms with Gasteiger partial charge in [-0.2, -0.15) is 5.10 Å². The smallest absolute Gasteiger partial charge is 0.255 e. The van der Waals surface area contributed by atoms with Crippen molar-refractivity contribution >= 4 is 11.8 Å². The quantitative estimate of drug-likeness (QED) is 0.677. The molecule has 0 radical (unpaired) electrons. The van der Waals surface area contributed by atoms with Gasteiger partial charge in [-0.15, -0.1) is 0 Å². The zero-order chi connectivity index (χ0) is 20.1. The van der Waals surface area contributed by atoms with Gasteiger partial charge in [0.05, 0.1) is 24.3 Å². The molecule has 1 fully saturated rings. The maximum Gasteiger partial charge on any atom is 0.255 e. The highest BCUT2D eigenvalue weighted by atomic mass is 16.2. The predicted molar refractivity (Wildman–Crippen MR) is 110 cm³/mol. The van der Waals surface area contributed by atoms with Crippen molar-refractivity contribution < 1.29 is 9.59 Å². The van der Waals surface area contributed by atoms with Crippen molar-refractivity contribution in [3.05, 3.63) is 89.7 Å². The number of hydrogen-bond acceptors (Lipinski definition) is 3. The van der Waals surface area contributed by atoms with Crippen molar-refractivity contribution in [1.29, 1.82) is 0 Å². The van der Waals surface area contributed by atoms with Gasteiger partial charge in [0.1, 0.15) is 0 Å². The fraction of sp³-hybridized carbons (Fsp3) is 0.261. The van der Waals surface area contributed by atoms with Crippen LogP contribution in [0, 0.1) is 0 Å². The summed E-state index contributed by atoms with van der Waals surface area (Å²) in [6.07, 6.45) is 4.80. The number of carbonyl (C=O) groups is 2. The van der Waals surface area contributed by atoms with E-state index in [1.165, 1.54) is 0 Å². The summed E-state index contributed by atoms with van der Waals surface area (Å²) in [7, 11) is 0. The molecule has 6 heteroatoms. The molecule has 1 aliphatic rings. The molecule has 0 bridgehead atoms. The maximum absolute atomic E-state index is 12.9. The van der Waals surface area contributed by atoms with Crippen molar-refractivity contribution in [2.45, 2.75) is 25.4 Å². The molecule has 1 saturated heterocycles. The Hall–Kier alpha value is -3.41. The van der Waals surface area contributed by atoms with Crippen LogP contribution >= 0.6 is 0 Å². The minimum Gasteiger partial charge on any atom is -0.343 e. The molecule has 1 N–H and O–H groups in total. The summed E-state index contributed by atoms with van der Waals surface area (Å²) in [6.45, 7) is 1.83. The molecule has 4 rings (SSSR count). The molecular formula is C23H24N4O2. The van der Waals surface area contributed by atoms with Crippen molar-refractivity contribution in [3.8, 4) is 0 Å². The first-order chi connectivity index (χ1) is 14.2. The SMILES string of the molecule is O=C(NC(CN1CCCC1=O)c1ccccc1)c1cnn(Cc2ccccc2)c1. The molecule has 2 heterocycles. The third-order valence-electron chi connectivity index (χ3n) is 5.16. The van der Waals surface area contributed by atoms with E-state index in [2.05, 4.69) is 10.4 Å². The van der Waals surface area contributed by atoms with Gasteiger partial charge in [0.25, 0.3) is 5.91 Å². The lowest BCUT2D eigenvalue weighted by Gasteiger charge is -2.25. The second-order valence-electron chi connectivity index (χ2n) is 7.29. The second-order valence-corrected chi connectivity index (χ2v) is 7.29. The highest BCUT2D eigenvalue weighted by Crippen LogP contribution is 2.19.